The molecule has 5 nitrogen and oxygen atoms in total. The number of benzene rings is 2. The molecule has 3 rings (SSSR count). The van der Waals surface area contributed by atoms with E-state index < -0.39 is 41.4 Å². The van der Waals surface area contributed by atoms with Gasteiger partial charge >= 0.3 is 6.03 Å². The molecule has 2 aromatic carbocycles. The molecule has 7 heteroatoms. The molecule has 0 saturated carbocycles. The topological polar surface area (TPSA) is 66.5 Å². The highest BCUT2D eigenvalue weighted by atomic mass is 19.1. The predicted octanol–water partition coefficient (Wildman–Crippen LogP) is 3.23. The Morgan fingerprint density at radius 2 is 1.81 bits per heavy atom. The van der Waals surface area contributed by atoms with Crippen LogP contribution in [0.2, 0.25) is 0 Å². The first kappa shape index (κ1) is 18.7. The van der Waals surface area contributed by atoms with Crippen LogP contribution in [0.5, 0.6) is 0 Å². The van der Waals surface area contributed by atoms with E-state index in [4.69, 9.17) is 0 Å². The van der Waals surface area contributed by atoms with Crippen LogP contribution >= 0.6 is 0 Å². The van der Waals surface area contributed by atoms with Crippen LogP contribution < -0.4 is 5.32 Å². The van der Waals surface area contributed by atoms with Crippen LogP contribution in [0.4, 0.5) is 13.6 Å². The Balaban J connectivity index is 1.90. The Kier molecular flexibility index (Phi) is 4.55. The number of halogens is 2. The minimum atomic E-state index is -1.79. The van der Waals surface area contributed by atoms with Crippen LogP contribution in [0, 0.1) is 25.5 Å². The van der Waals surface area contributed by atoms with Crippen molar-refractivity contribution < 1.29 is 23.2 Å². The number of amides is 3. The maximum Gasteiger partial charge on any atom is 0.325 e. The molecular weight excluding hydrogens is 354 g/mol. The van der Waals surface area contributed by atoms with E-state index in [0.29, 0.717) is 5.56 Å². The van der Waals surface area contributed by atoms with Gasteiger partial charge in [-0.05, 0) is 44.5 Å². The normalized spacial score (nSPS) is 19.4. The third kappa shape index (κ3) is 3.20. The summed E-state index contributed by atoms with van der Waals surface area (Å²) in [6.07, 6.45) is 0. The number of nitrogens with one attached hydrogen (secondary N) is 1. The van der Waals surface area contributed by atoms with E-state index in [0.717, 1.165) is 34.2 Å². The van der Waals surface area contributed by atoms with E-state index in [1.165, 1.54) is 6.92 Å². The maximum absolute atomic E-state index is 14.2. The van der Waals surface area contributed by atoms with Gasteiger partial charge in [0, 0.05) is 11.1 Å². The molecule has 1 aliphatic rings. The van der Waals surface area contributed by atoms with E-state index in [-0.39, 0.29) is 5.56 Å². The first-order valence-corrected chi connectivity index (χ1v) is 8.33. The number of nitrogens with zero attached hydrogens (tertiary/aromatic N) is 1. The zero-order valence-corrected chi connectivity index (χ0v) is 15.1. The third-order valence-electron chi connectivity index (χ3n) is 4.73. The van der Waals surface area contributed by atoms with Gasteiger partial charge in [0.2, 0.25) is 0 Å². The summed E-state index contributed by atoms with van der Waals surface area (Å²) in [5.41, 5.74) is 0.0273. The summed E-state index contributed by atoms with van der Waals surface area (Å²) in [7, 11) is 0. The van der Waals surface area contributed by atoms with Crippen LogP contribution in [0.15, 0.2) is 36.4 Å². The second kappa shape index (κ2) is 6.57. The summed E-state index contributed by atoms with van der Waals surface area (Å²) in [4.78, 5) is 38.4. The van der Waals surface area contributed by atoms with Gasteiger partial charge in [-0.25, -0.2) is 13.6 Å². The van der Waals surface area contributed by atoms with Crippen molar-refractivity contribution in [1.29, 1.82) is 0 Å². The van der Waals surface area contributed by atoms with Crippen LogP contribution in [-0.2, 0) is 10.3 Å². The second-order valence-electron chi connectivity index (χ2n) is 6.81. The molecule has 140 valence electrons. The van der Waals surface area contributed by atoms with Crippen molar-refractivity contribution in [2.45, 2.75) is 26.3 Å². The molecule has 3 amide bonds. The van der Waals surface area contributed by atoms with Gasteiger partial charge in [-0.3, -0.25) is 14.5 Å². The number of hydrogen-bond acceptors (Lipinski definition) is 3. The molecule has 1 atom stereocenters. The lowest BCUT2D eigenvalue weighted by atomic mass is 9.91. The van der Waals surface area contributed by atoms with Gasteiger partial charge < -0.3 is 5.32 Å². The molecule has 2 aromatic rings. The van der Waals surface area contributed by atoms with Gasteiger partial charge in [0.05, 0.1) is 6.54 Å². The smallest absolute Gasteiger partial charge is 0.319 e. The summed E-state index contributed by atoms with van der Waals surface area (Å²) < 4.78 is 27.7. The van der Waals surface area contributed by atoms with Gasteiger partial charge in [-0.2, -0.15) is 0 Å². The molecule has 1 aliphatic heterocycles. The fourth-order valence-electron chi connectivity index (χ4n) is 3.26. The molecule has 1 saturated heterocycles. The molecule has 1 fully saturated rings. The summed E-state index contributed by atoms with van der Waals surface area (Å²) in [6.45, 7) is 4.45. The summed E-state index contributed by atoms with van der Waals surface area (Å²) >= 11 is 0. The number of imide groups is 1. The Morgan fingerprint density at radius 1 is 1.11 bits per heavy atom. The number of urea groups is 1. The van der Waals surface area contributed by atoms with Crippen LogP contribution in [0.3, 0.4) is 0 Å². The lowest BCUT2D eigenvalue weighted by Gasteiger charge is -2.22. The number of hydrogen-bond donors (Lipinski definition) is 1. The Labute approximate surface area is 155 Å². The molecule has 1 N–H and O–H groups in total. The number of aryl methyl sites for hydroxylation is 2. The minimum Gasteiger partial charge on any atom is -0.319 e. The number of ketones is 1. The lowest BCUT2D eigenvalue weighted by Crippen LogP contribution is -2.42. The molecule has 0 spiro atoms. The van der Waals surface area contributed by atoms with Crippen molar-refractivity contribution in [1.82, 2.24) is 10.2 Å². The molecule has 1 heterocycles. The quantitative estimate of drug-likeness (QED) is 0.662. The highest BCUT2D eigenvalue weighted by Gasteiger charge is 2.50. The largest absolute Gasteiger partial charge is 0.325 e. The molecule has 0 radical (unpaired) electrons. The Bertz CT molecular complexity index is 974. The van der Waals surface area contributed by atoms with Gasteiger partial charge in [0.25, 0.3) is 5.91 Å². The Hall–Kier alpha value is -3.09. The monoisotopic (exact) mass is 372 g/mol. The van der Waals surface area contributed by atoms with Crippen molar-refractivity contribution >= 4 is 17.7 Å². The molecule has 0 aromatic heterocycles. The fraction of sp³-hybridized carbons (Fsp3) is 0.250. The van der Waals surface area contributed by atoms with Crippen LogP contribution in [-0.4, -0.2) is 29.2 Å². The molecular formula is C20H18F2N2O3. The maximum atomic E-state index is 14.2. The van der Waals surface area contributed by atoms with Gasteiger partial charge in [-0.15, -0.1) is 0 Å². The van der Waals surface area contributed by atoms with Crippen molar-refractivity contribution in [3.05, 3.63) is 70.3 Å². The highest BCUT2D eigenvalue weighted by molar-refractivity contribution is 6.11. The molecule has 0 aliphatic carbocycles. The van der Waals surface area contributed by atoms with Gasteiger partial charge in [0.1, 0.15) is 17.2 Å². The van der Waals surface area contributed by atoms with Crippen molar-refractivity contribution in [2.75, 3.05) is 6.54 Å². The summed E-state index contributed by atoms with van der Waals surface area (Å²) in [5.74, 6) is -2.79. The average molecular weight is 372 g/mol. The average Bonchev–Trinajstić information content (AvgIpc) is 2.81. The number of carbonyl (C=O) groups excluding carboxylic acids is 3. The van der Waals surface area contributed by atoms with Crippen molar-refractivity contribution in [3.63, 3.8) is 0 Å². The van der Waals surface area contributed by atoms with E-state index in [1.807, 2.05) is 13.0 Å². The Morgan fingerprint density at radius 3 is 2.48 bits per heavy atom. The number of carbonyl (C=O) groups is 3. The summed E-state index contributed by atoms with van der Waals surface area (Å²) in [6, 6.07) is 7.07. The second-order valence-corrected chi connectivity index (χ2v) is 6.81. The van der Waals surface area contributed by atoms with E-state index in [2.05, 4.69) is 5.32 Å². The van der Waals surface area contributed by atoms with Gasteiger partial charge in [-0.1, -0.05) is 23.8 Å². The standard InChI is InChI=1S/C20H18F2N2O3/c1-11-4-6-14(12(2)8-11)17(25)10-24-18(26)20(3,23-19(24)27)15-9-13(21)5-7-16(15)22/h4-9H,10H2,1-3H3,(H,23,27)/t20-/m1/s1. The first-order chi connectivity index (χ1) is 12.6. The zero-order valence-electron chi connectivity index (χ0n) is 15.1. The number of rotatable bonds is 4. The van der Waals surface area contributed by atoms with E-state index in [9.17, 15) is 23.2 Å². The fourth-order valence-corrected chi connectivity index (χ4v) is 3.26. The minimum absolute atomic E-state index is 0.290. The third-order valence-corrected chi connectivity index (χ3v) is 4.73. The van der Waals surface area contributed by atoms with E-state index in [1.54, 1.807) is 19.1 Å². The number of Topliss-reactive ketones (excluding diaryl/α,β-unsaturated/α-hetero) is 1. The van der Waals surface area contributed by atoms with Gasteiger partial charge in [0.15, 0.2) is 5.78 Å². The first-order valence-electron chi connectivity index (χ1n) is 8.33. The molecule has 27 heavy (non-hydrogen) atoms. The van der Waals surface area contributed by atoms with Crippen molar-refractivity contribution in [2.24, 2.45) is 0 Å². The molecule has 0 bridgehead atoms. The SMILES string of the molecule is Cc1ccc(C(=O)CN2C(=O)N[C@](C)(c3cc(F)ccc3F)C2=O)c(C)c1. The predicted molar refractivity (Wildman–Crippen MR) is 94.2 cm³/mol. The van der Waals surface area contributed by atoms with Crippen molar-refractivity contribution in [3.8, 4) is 0 Å². The zero-order chi connectivity index (χ0) is 19.9. The van der Waals surface area contributed by atoms with E-state index >= 15 is 0 Å². The van der Waals surface area contributed by atoms with Crippen LogP contribution in [0.25, 0.3) is 0 Å². The molecule has 0 unspecified atom stereocenters. The summed E-state index contributed by atoms with van der Waals surface area (Å²) in [5, 5.41) is 2.37. The van der Waals surface area contributed by atoms with Crippen LogP contribution in [0.1, 0.15) is 34.0 Å². The lowest BCUT2D eigenvalue weighted by molar-refractivity contribution is -0.130. The highest BCUT2D eigenvalue weighted by Crippen LogP contribution is 2.31.